The monoisotopic (exact) mass is 295 g/mol. The van der Waals surface area contributed by atoms with Crippen LogP contribution in [0.25, 0.3) is 0 Å². The summed E-state index contributed by atoms with van der Waals surface area (Å²) in [6.45, 7) is 2.09. The third-order valence-electron chi connectivity index (χ3n) is 4.30. The molecule has 0 radical (unpaired) electrons. The molecule has 0 unspecified atom stereocenters. The number of nitrogens with two attached hydrogens (primary N) is 1. The smallest absolute Gasteiger partial charge is 0.208 e. The first-order valence-electron chi connectivity index (χ1n) is 7.08. The van der Waals surface area contributed by atoms with Crippen LogP contribution in [0, 0.1) is 12.8 Å². The molecule has 2 heterocycles. The molecule has 1 saturated heterocycles. The van der Waals surface area contributed by atoms with Crippen molar-refractivity contribution in [2.45, 2.75) is 37.6 Å². The van der Waals surface area contributed by atoms with Crippen molar-refractivity contribution >= 4 is 0 Å². The number of ether oxygens (including phenoxy) is 3. The van der Waals surface area contributed by atoms with Crippen LogP contribution in [0.1, 0.15) is 17.2 Å². The van der Waals surface area contributed by atoms with Crippen molar-refractivity contribution in [3.8, 4) is 5.75 Å². The summed E-state index contributed by atoms with van der Waals surface area (Å²) >= 11 is 0. The normalized spacial score (nSPS) is 38.3. The van der Waals surface area contributed by atoms with E-state index in [4.69, 9.17) is 19.9 Å². The van der Waals surface area contributed by atoms with E-state index in [-0.39, 0.29) is 6.54 Å². The molecule has 6 atom stereocenters. The zero-order chi connectivity index (χ0) is 15.1. The Kier molecular flexibility index (Phi) is 3.90. The van der Waals surface area contributed by atoms with Crippen LogP contribution in [0.2, 0.25) is 0 Å². The lowest BCUT2D eigenvalue weighted by Crippen LogP contribution is -2.60. The molecular formula is C15H21NO5. The van der Waals surface area contributed by atoms with Crippen LogP contribution in [0.3, 0.4) is 0 Å². The number of hydrogen-bond donors (Lipinski definition) is 3. The number of benzene rings is 1. The van der Waals surface area contributed by atoms with Gasteiger partial charge in [0.2, 0.25) is 6.29 Å². The van der Waals surface area contributed by atoms with Gasteiger partial charge in [-0.2, -0.15) is 0 Å². The fourth-order valence-electron chi connectivity index (χ4n) is 3.19. The van der Waals surface area contributed by atoms with Gasteiger partial charge in [0.15, 0.2) is 0 Å². The van der Waals surface area contributed by atoms with Crippen molar-refractivity contribution in [2.75, 3.05) is 13.7 Å². The van der Waals surface area contributed by atoms with Gasteiger partial charge in [0, 0.05) is 19.2 Å². The highest BCUT2D eigenvalue weighted by Gasteiger charge is 2.52. The highest BCUT2D eigenvalue weighted by Crippen LogP contribution is 2.45. The first kappa shape index (κ1) is 14.7. The zero-order valence-electron chi connectivity index (χ0n) is 12.1. The Bertz CT molecular complexity index is 523. The molecule has 0 amide bonds. The van der Waals surface area contributed by atoms with E-state index < -0.39 is 36.6 Å². The third-order valence-corrected chi connectivity index (χ3v) is 4.30. The van der Waals surface area contributed by atoms with Crippen LogP contribution in [0.5, 0.6) is 5.75 Å². The topological polar surface area (TPSA) is 94.2 Å². The average Bonchev–Trinajstić information content (AvgIpc) is 2.49. The molecule has 116 valence electrons. The minimum Gasteiger partial charge on any atom is -0.464 e. The number of fused-ring (bicyclic) bond motifs is 2. The standard InChI is InChI=1S/C15H21NO5/c1-7-3-4-9-8(5-7)14(19-2)11-13(18)12(17)10(6-16)21-15(11)20-9/h3-5,10-15,17-18H,6,16H2,1-2H3/t10-,11+,12-,13-,14+,15+/m1/s1. The maximum Gasteiger partial charge on any atom is 0.208 e. The molecule has 21 heavy (non-hydrogen) atoms. The van der Waals surface area contributed by atoms with Gasteiger partial charge in [0.1, 0.15) is 18.0 Å². The predicted octanol–water partition coefficient (Wildman–Crippen LogP) is 0.0965. The maximum absolute atomic E-state index is 10.4. The fourth-order valence-corrected chi connectivity index (χ4v) is 3.19. The number of hydrogen-bond acceptors (Lipinski definition) is 6. The van der Waals surface area contributed by atoms with E-state index in [1.165, 1.54) is 0 Å². The summed E-state index contributed by atoms with van der Waals surface area (Å²) in [6, 6.07) is 5.78. The molecule has 1 aromatic carbocycles. The van der Waals surface area contributed by atoms with Crippen molar-refractivity contribution in [3.63, 3.8) is 0 Å². The lowest BCUT2D eigenvalue weighted by atomic mass is 9.81. The maximum atomic E-state index is 10.4. The van der Waals surface area contributed by atoms with Gasteiger partial charge in [-0.1, -0.05) is 11.6 Å². The van der Waals surface area contributed by atoms with Crippen molar-refractivity contribution in [1.82, 2.24) is 0 Å². The average molecular weight is 295 g/mol. The van der Waals surface area contributed by atoms with Crippen molar-refractivity contribution < 1.29 is 24.4 Å². The summed E-state index contributed by atoms with van der Waals surface area (Å²) in [5, 5.41) is 20.6. The van der Waals surface area contributed by atoms with Gasteiger partial charge in [0.05, 0.1) is 18.1 Å². The lowest BCUT2D eigenvalue weighted by Gasteiger charge is -2.47. The molecule has 4 N–H and O–H groups in total. The molecule has 3 rings (SSSR count). The van der Waals surface area contributed by atoms with Gasteiger partial charge in [-0.15, -0.1) is 0 Å². The Morgan fingerprint density at radius 1 is 1.29 bits per heavy atom. The second-order valence-corrected chi connectivity index (χ2v) is 5.65. The Balaban J connectivity index is 2.00. The minimum atomic E-state index is -1.05. The molecule has 0 aliphatic carbocycles. The van der Waals surface area contributed by atoms with E-state index in [0.29, 0.717) is 5.75 Å². The van der Waals surface area contributed by atoms with Gasteiger partial charge in [-0.25, -0.2) is 0 Å². The van der Waals surface area contributed by atoms with E-state index in [1.54, 1.807) is 7.11 Å². The van der Waals surface area contributed by atoms with Crippen LogP contribution in [0.4, 0.5) is 0 Å². The molecule has 1 fully saturated rings. The molecule has 2 aliphatic heterocycles. The highest BCUT2D eigenvalue weighted by atomic mass is 16.7. The molecule has 0 bridgehead atoms. The second kappa shape index (κ2) is 5.55. The number of rotatable bonds is 2. The summed E-state index contributed by atoms with van der Waals surface area (Å²) < 4.78 is 17.1. The largest absolute Gasteiger partial charge is 0.464 e. The van der Waals surface area contributed by atoms with Crippen LogP contribution in [-0.4, -0.2) is 48.5 Å². The Hall–Kier alpha value is -1.18. The Morgan fingerprint density at radius 3 is 2.71 bits per heavy atom. The van der Waals surface area contributed by atoms with E-state index in [1.807, 2.05) is 25.1 Å². The van der Waals surface area contributed by atoms with E-state index >= 15 is 0 Å². The summed E-state index contributed by atoms with van der Waals surface area (Å²) in [5.41, 5.74) is 7.51. The van der Waals surface area contributed by atoms with Gasteiger partial charge >= 0.3 is 0 Å². The van der Waals surface area contributed by atoms with Crippen molar-refractivity contribution in [1.29, 1.82) is 0 Å². The highest BCUT2D eigenvalue weighted by molar-refractivity contribution is 5.41. The molecular weight excluding hydrogens is 274 g/mol. The van der Waals surface area contributed by atoms with Gasteiger partial charge in [-0.05, 0) is 19.1 Å². The quantitative estimate of drug-likeness (QED) is 0.716. The summed E-state index contributed by atoms with van der Waals surface area (Å²) in [5.74, 6) is 0.176. The number of aliphatic hydroxyl groups is 2. The molecule has 0 spiro atoms. The molecule has 6 nitrogen and oxygen atoms in total. The molecule has 0 aromatic heterocycles. The Morgan fingerprint density at radius 2 is 2.05 bits per heavy atom. The molecule has 0 saturated carbocycles. The number of aliphatic hydroxyl groups excluding tert-OH is 2. The van der Waals surface area contributed by atoms with Crippen molar-refractivity contribution in [2.24, 2.45) is 11.7 Å². The summed E-state index contributed by atoms with van der Waals surface area (Å²) in [7, 11) is 1.58. The lowest BCUT2D eigenvalue weighted by molar-refractivity contribution is -0.278. The van der Waals surface area contributed by atoms with E-state index in [0.717, 1.165) is 11.1 Å². The molecule has 6 heteroatoms. The van der Waals surface area contributed by atoms with E-state index in [2.05, 4.69) is 0 Å². The third kappa shape index (κ3) is 2.33. The second-order valence-electron chi connectivity index (χ2n) is 5.65. The fraction of sp³-hybridized carbons (Fsp3) is 0.600. The molecule has 2 aliphatic rings. The van der Waals surface area contributed by atoms with Crippen molar-refractivity contribution in [3.05, 3.63) is 29.3 Å². The first-order chi connectivity index (χ1) is 10.1. The van der Waals surface area contributed by atoms with Gasteiger partial charge in [-0.3, -0.25) is 0 Å². The Labute approximate surface area is 123 Å². The van der Waals surface area contributed by atoms with E-state index in [9.17, 15) is 10.2 Å². The van der Waals surface area contributed by atoms with Gasteiger partial charge < -0.3 is 30.2 Å². The number of methoxy groups -OCH3 is 1. The minimum absolute atomic E-state index is 0.114. The zero-order valence-corrected chi connectivity index (χ0v) is 12.1. The predicted molar refractivity (Wildman–Crippen MR) is 74.8 cm³/mol. The van der Waals surface area contributed by atoms with Gasteiger partial charge in [0.25, 0.3) is 0 Å². The SMILES string of the molecule is CO[C@H]1c2cc(C)ccc2O[C@H]2O[C@H](CN)[C@@H](O)[C@H](O)[C@H]21. The molecule has 1 aromatic rings. The summed E-state index contributed by atoms with van der Waals surface area (Å²) in [4.78, 5) is 0. The van der Waals surface area contributed by atoms with Crippen LogP contribution >= 0.6 is 0 Å². The number of aryl methyl sites for hydroxylation is 1. The summed E-state index contributed by atoms with van der Waals surface area (Å²) in [6.07, 6.45) is -3.80. The first-order valence-corrected chi connectivity index (χ1v) is 7.08. The van der Waals surface area contributed by atoms with Crippen LogP contribution in [-0.2, 0) is 9.47 Å². The van der Waals surface area contributed by atoms with Crippen LogP contribution < -0.4 is 10.5 Å². The van der Waals surface area contributed by atoms with Crippen LogP contribution in [0.15, 0.2) is 18.2 Å².